The van der Waals surface area contributed by atoms with E-state index in [1.54, 1.807) is 0 Å². The van der Waals surface area contributed by atoms with Gasteiger partial charge in [0.25, 0.3) is 5.91 Å². The summed E-state index contributed by atoms with van der Waals surface area (Å²) < 4.78 is 54.4. The molecule has 0 fully saturated rings. The fraction of sp³-hybridized carbons (Fsp3) is 0.208. The van der Waals surface area contributed by atoms with Gasteiger partial charge in [-0.15, -0.1) is 5.10 Å². The Kier molecular flexibility index (Phi) is 7.07. The molecule has 7 nitrogen and oxygen atoms in total. The summed E-state index contributed by atoms with van der Waals surface area (Å²) in [4.78, 5) is 21.8. The number of anilines is 1. The van der Waals surface area contributed by atoms with Crippen molar-refractivity contribution < 1.29 is 22.4 Å². The number of rotatable bonds is 6. The van der Waals surface area contributed by atoms with Gasteiger partial charge in [0.2, 0.25) is 0 Å². The molecule has 36 heavy (non-hydrogen) atoms. The van der Waals surface area contributed by atoms with Crippen molar-refractivity contribution in [1.29, 1.82) is 0 Å². The van der Waals surface area contributed by atoms with Gasteiger partial charge in [0.05, 0.1) is 16.9 Å². The zero-order valence-corrected chi connectivity index (χ0v) is 20.2. The predicted octanol–water partition coefficient (Wildman–Crippen LogP) is 5.69. The van der Waals surface area contributed by atoms with E-state index in [1.165, 1.54) is 16.4 Å². The number of aryl methyl sites for hydroxylation is 3. The van der Waals surface area contributed by atoms with Gasteiger partial charge < -0.3 is 5.32 Å². The number of thioether (sulfide) groups is 1. The molecule has 2 aromatic heterocycles. The first-order valence-electron chi connectivity index (χ1n) is 10.7. The minimum atomic E-state index is -4.91. The minimum absolute atomic E-state index is 0.0923. The third-order valence-electron chi connectivity index (χ3n) is 5.09. The molecule has 0 aliphatic carbocycles. The van der Waals surface area contributed by atoms with Crippen molar-refractivity contribution in [2.75, 3.05) is 5.32 Å². The first kappa shape index (κ1) is 25.3. The van der Waals surface area contributed by atoms with Crippen LogP contribution in [0.25, 0.3) is 5.69 Å². The van der Waals surface area contributed by atoms with Crippen LogP contribution in [0.1, 0.15) is 38.7 Å². The minimum Gasteiger partial charge on any atom is -0.321 e. The maximum atomic E-state index is 13.7. The number of hydrogen-bond acceptors (Lipinski definition) is 6. The van der Waals surface area contributed by atoms with E-state index in [9.17, 15) is 22.4 Å². The average molecular weight is 517 g/mol. The van der Waals surface area contributed by atoms with Gasteiger partial charge in [-0.2, -0.15) is 13.2 Å². The molecule has 12 heteroatoms. The molecule has 0 aliphatic rings. The molecule has 1 N–H and O–H groups in total. The molecule has 0 spiro atoms. The third kappa shape index (κ3) is 5.70. The lowest BCUT2D eigenvalue weighted by Crippen LogP contribution is -2.16. The van der Waals surface area contributed by atoms with Crippen LogP contribution < -0.4 is 5.32 Å². The number of hydrogen-bond donors (Lipinski definition) is 1. The van der Waals surface area contributed by atoms with Crippen molar-refractivity contribution in [3.63, 3.8) is 0 Å². The predicted molar refractivity (Wildman–Crippen MR) is 127 cm³/mol. The monoisotopic (exact) mass is 516 g/mol. The Labute approximate surface area is 208 Å². The van der Waals surface area contributed by atoms with Crippen LogP contribution in [0.5, 0.6) is 0 Å². The normalized spacial score (nSPS) is 11.5. The van der Waals surface area contributed by atoms with Crippen molar-refractivity contribution in [3.05, 3.63) is 88.3 Å². The molecule has 0 aliphatic heterocycles. The van der Waals surface area contributed by atoms with E-state index in [2.05, 4.69) is 25.6 Å². The van der Waals surface area contributed by atoms with Crippen molar-refractivity contribution in [1.82, 2.24) is 25.0 Å². The molecule has 0 atom stereocenters. The summed E-state index contributed by atoms with van der Waals surface area (Å²) in [6.45, 7) is 5.61. The number of benzene rings is 2. The molecule has 0 saturated carbocycles. The number of halogens is 4. The summed E-state index contributed by atoms with van der Waals surface area (Å²) in [5.74, 6) is -2.02. The van der Waals surface area contributed by atoms with Crippen LogP contribution in [-0.4, -0.2) is 30.9 Å². The number of carbonyl (C=O) groups excluding carboxylic acids is 1. The van der Waals surface area contributed by atoms with E-state index in [-0.39, 0.29) is 17.1 Å². The molecule has 0 bridgehead atoms. The summed E-state index contributed by atoms with van der Waals surface area (Å²) in [6.07, 6.45) is -4.91. The van der Waals surface area contributed by atoms with Gasteiger partial charge in [0.15, 0.2) is 10.9 Å². The summed E-state index contributed by atoms with van der Waals surface area (Å²) in [7, 11) is 0. The van der Waals surface area contributed by atoms with Gasteiger partial charge in [-0.25, -0.2) is 19.0 Å². The zero-order chi connectivity index (χ0) is 26.0. The van der Waals surface area contributed by atoms with Crippen LogP contribution >= 0.6 is 11.8 Å². The van der Waals surface area contributed by atoms with E-state index in [4.69, 9.17) is 0 Å². The molecule has 2 aromatic carbocycles. The second-order valence-corrected chi connectivity index (χ2v) is 8.94. The van der Waals surface area contributed by atoms with E-state index >= 15 is 0 Å². The Hall–Kier alpha value is -3.80. The number of aromatic nitrogens is 5. The molecule has 2 heterocycles. The number of nitrogens with zero attached hydrogens (tertiary/aromatic N) is 5. The maximum Gasteiger partial charge on any atom is 0.419 e. The third-order valence-corrected chi connectivity index (χ3v) is 5.94. The number of nitrogens with one attached hydrogen (secondary N) is 1. The van der Waals surface area contributed by atoms with Gasteiger partial charge in [-0.3, -0.25) is 4.79 Å². The quantitative estimate of drug-likeness (QED) is 0.202. The molecule has 0 radical (unpaired) electrons. The highest BCUT2D eigenvalue weighted by Gasteiger charge is 2.34. The summed E-state index contributed by atoms with van der Waals surface area (Å²) >= 11 is 1.26. The number of carbonyl (C=O) groups is 1. The van der Waals surface area contributed by atoms with Gasteiger partial charge in [0, 0.05) is 22.8 Å². The molecule has 1 amide bonds. The van der Waals surface area contributed by atoms with Crippen LogP contribution in [0, 0.1) is 26.6 Å². The van der Waals surface area contributed by atoms with Gasteiger partial charge in [-0.1, -0.05) is 34.7 Å². The van der Waals surface area contributed by atoms with Gasteiger partial charge in [0.1, 0.15) is 5.82 Å². The first-order chi connectivity index (χ1) is 17.0. The smallest absolute Gasteiger partial charge is 0.321 e. The maximum absolute atomic E-state index is 13.7. The Balaban J connectivity index is 1.68. The van der Waals surface area contributed by atoms with Crippen LogP contribution in [0.4, 0.5) is 23.2 Å². The SMILES string of the molecule is Cc1ccc(-n2nnc(C(=O)Nc3ccc(F)c(C(F)(F)F)c3)c2CSc2nc(C)cc(C)n2)cc1. The molecular weight excluding hydrogens is 496 g/mol. The molecule has 0 unspecified atom stereocenters. The molecular formula is C24H20F4N6OS. The van der Waals surface area contributed by atoms with E-state index in [1.807, 2.05) is 51.1 Å². The Morgan fingerprint density at radius 3 is 2.31 bits per heavy atom. The average Bonchev–Trinajstić information content (AvgIpc) is 3.22. The van der Waals surface area contributed by atoms with E-state index in [0.717, 1.165) is 23.0 Å². The Morgan fingerprint density at radius 1 is 1.00 bits per heavy atom. The lowest BCUT2D eigenvalue weighted by atomic mass is 10.1. The lowest BCUT2D eigenvalue weighted by molar-refractivity contribution is -0.139. The van der Waals surface area contributed by atoms with Crippen molar-refractivity contribution in [2.45, 2.75) is 37.9 Å². The summed E-state index contributed by atoms with van der Waals surface area (Å²) in [6, 6.07) is 11.4. The highest BCUT2D eigenvalue weighted by molar-refractivity contribution is 7.98. The highest BCUT2D eigenvalue weighted by Crippen LogP contribution is 2.33. The lowest BCUT2D eigenvalue weighted by Gasteiger charge is -2.11. The second-order valence-electron chi connectivity index (χ2n) is 8.00. The Bertz CT molecular complexity index is 1400. The zero-order valence-electron chi connectivity index (χ0n) is 19.4. The largest absolute Gasteiger partial charge is 0.419 e. The Morgan fingerprint density at radius 2 is 1.67 bits per heavy atom. The molecule has 0 saturated heterocycles. The fourth-order valence-corrected chi connectivity index (χ4v) is 4.34. The van der Waals surface area contributed by atoms with Crippen LogP contribution in [0.3, 0.4) is 0 Å². The topological polar surface area (TPSA) is 85.6 Å². The van der Waals surface area contributed by atoms with E-state index < -0.39 is 23.5 Å². The fourth-order valence-electron chi connectivity index (χ4n) is 3.40. The highest BCUT2D eigenvalue weighted by atomic mass is 32.2. The van der Waals surface area contributed by atoms with E-state index in [0.29, 0.717) is 28.7 Å². The molecule has 4 aromatic rings. The summed E-state index contributed by atoms with van der Waals surface area (Å²) in [5.41, 5.74) is 1.82. The van der Waals surface area contributed by atoms with Crippen LogP contribution in [0.15, 0.2) is 53.7 Å². The standard InChI is InChI=1S/C24H20F4N6OS/c1-13-4-7-17(8-5-13)34-20(12-36-23-29-14(2)10-15(3)30-23)21(32-33-34)22(35)31-16-6-9-19(25)18(11-16)24(26,27)28/h4-11H,12H2,1-3H3,(H,31,35). The van der Waals surface area contributed by atoms with Crippen LogP contribution in [-0.2, 0) is 11.9 Å². The second kappa shape index (κ2) is 10.1. The first-order valence-corrected chi connectivity index (χ1v) is 11.6. The van der Waals surface area contributed by atoms with Crippen molar-refractivity contribution >= 4 is 23.4 Å². The molecule has 4 rings (SSSR count). The van der Waals surface area contributed by atoms with Gasteiger partial charge >= 0.3 is 6.18 Å². The van der Waals surface area contributed by atoms with Crippen molar-refractivity contribution in [2.24, 2.45) is 0 Å². The number of amides is 1. The van der Waals surface area contributed by atoms with Crippen molar-refractivity contribution in [3.8, 4) is 5.69 Å². The number of alkyl halides is 3. The van der Waals surface area contributed by atoms with Gasteiger partial charge in [-0.05, 0) is 57.2 Å². The summed E-state index contributed by atoms with van der Waals surface area (Å²) in [5, 5.41) is 11.0. The van der Waals surface area contributed by atoms with Crippen LogP contribution in [0.2, 0.25) is 0 Å². The molecule has 186 valence electrons.